The van der Waals surface area contributed by atoms with Gasteiger partial charge in [0.25, 0.3) is 0 Å². The van der Waals surface area contributed by atoms with Gasteiger partial charge in [0.2, 0.25) is 5.91 Å². The first kappa shape index (κ1) is 12.5. The van der Waals surface area contributed by atoms with E-state index in [2.05, 4.69) is 5.32 Å². The molecule has 15 heavy (non-hydrogen) atoms. The van der Waals surface area contributed by atoms with Gasteiger partial charge in [-0.2, -0.15) is 0 Å². The van der Waals surface area contributed by atoms with E-state index >= 15 is 0 Å². The summed E-state index contributed by atoms with van der Waals surface area (Å²) in [4.78, 5) is 11.8. The van der Waals surface area contributed by atoms with Crippen molar-refractivity contribution in [3.8, 4) is 0 Å². The standard InChI is InChI=1S/C12H23NO2/c1-4-11(2,3)10(14)13-9-12(15)7-5-6-8-12/h15H,4-9H2,1-3H3,(H,13,14). The maximum absolute atomic E-state index is 11.8. The molecule has 0 aromatic carbocycles. The number of hydrogen-bond donors (Lipinski definition) is 2. The van der Waals surface area contributed by atoms with Gasteiger partial charge >= 0.3 is 0 Å². The van der Waals surface area contributed by atoms with Crippen molar-refractivity contribution >= 4 is 5.91 Å². The van der Waals surface area contributed by atoms with Gasteiger partial charge in [-0.1, -0.05) is 33.6 Å². The quantitative estimate of drug-likeness (QED) is 0.748. The molecule has 0 heterocycles. The molecule has 0 aliphatic heterocycles. The molecule has 0 radical (unpaired) electrons. The van der Waals surface area contributed by atoms with Gasteiger partial charge in [-0.25, -0.2) is 0 Å². The van der Waals surface area contributed by atoms with Crippen LogP contribution >= 0.6 is 0 Å². The number of rotatable bonds is 4. The van der Waals surface area contributed by atoms with Crippen molar-refractivity contribution in [1.82, 2.24) is 5.32 Å². The van der Waals surface area contributed by atoms with Crippen LogP contribution in [0.3, 0.4) is 0 Å². The summed E-state index contributed by atoms with van der Waals surface area (Å²) in [6.45, 7) is 6.28. The molecule has 3 heteroatoms. The van der Waals surface area contributed by atoms with Gasteiger partial charge in [0.1, 0.15) is 0 Å². The average Bonchev–Trinajstić information content (AvgIpc) is 2.62. The Hall–Kier alpha value is -0.570. The van der Waals surface area contributed by atoms with Crippen LogP contribution in [-0.2, 0) is 4.79 Å². The van der Waals surface area contributed by atoms with Gasteiger partial charge in [-0.15, -0.1) is 0 Å². The largest absolute Gasteiger partial charge is 0.388 e. The number of carbonyl (C=O) groups is 1. The van der Waals surface area contributed by atoms with Crippen LogP contribution < -0.4 is 5.32 Å². The summed E-state index contributed by atoms with van der Waals surface area (Å²) in [6, 6.07) is 0. The minimum atomic E-state index is -0.639. The molecular formula is C12H23NO2. The van der Waals surface area contributed by atoms with Crippen LogP contribution in [0.25, 0.3) is 0 Å². The fourth-order valence-corrected chi connectivity index (χ4v) is 1.85. The molecule has 88 valence electrons. The van der Waals surface area contributed by atoms with E-state index in [1.54, 1.807) is 0 Å². The zero-order chi connectivity index (χ0) is 11.5. The topological polar surface area (TPSA) is 49.3 Å². The van der Waals surface area contributed by atoms with Crippen LogP contribution in [-0.4, -0.2) is 23.2 Å². The molecule has 1 aliphatic rings. The van der Waals surface area contributed by atoms with Crippen molar-refractivity contribution < 1.29 is 9.90 Å². The molecule has 0 saturated heterocycles. The predicted molar refractivity (Wildman–Crippen MR) is 60.5 cm³/mol. The van der Waals surface area contributed by atoms with E-state index in [1.165, 1.54) is 0 Å². The molecule has 0 aromatic heterocycles. The van der Waals surface area contributed by atoms with Crippen molar-refractivity contribution in [3.05, 3.63) is 0 Å². The lowest BCUT2D eigenvalue weighted by Crippen LogP contribution is -2.45. The Labute approximate surface area is 92.3 Å². The lowest BCUT2D eigenvalue weighted by atomic mass is 9.89. The first-order chi connectivity index (χ1) is 6.90. The fraction of sp³-hybridized carbons (Fsp3) is 0.917. The molecule has 1 saturated carbocycles. The van der Waals surface area contributed by atoms with Crippen LogP contribution in [0.5, 0.6) is 0 Å². The van der Waals surface area contributed by atoms with Crippen molar-refractivity contribution in [2.75, 3.05) is 6.54 Å². The Morgan fingerprint density at radius 3 is 2.40 bits per heavy atom. The summed E-state index contributed by atoms with van der Waals surface area (Å²) < 4.78 is 0. The maximum atomic E-state index is 11.8. The monoisotopic (exact) mass is 213 g/mol. The van der Waals surface area contributed by atoms with Crippen molar-refractivity contribution in [3.63, 3.8) is 0 Å². The van der Waals surface area contributed by atoms with E-state index < -0.39 is 5.60 Å². The van der Waals surface area contributed by atoms with E-state index in [0.29, 0.717) is 6.54 Å². The molecule has 1 aliphatic carbocycles. The summed E-state index contributed by atoms with van der Waals surface area (Å²) in [6.07, 6.45) is 4.60. The lowest BCUT2D eigenvalue weighted by Gasteiger charge is -2.27. The normalized spacial score (nSPS) is 20.3. The SMILES string of the molecule is CCC(C)(C)C(=O)NCC1(O)CCCC1. The third-order valence-corrected chi connectivity index (χ3v) is 3.61. The third kappa shape index (κ3) is 3.20. The Balaban J connectivity index is 2.40. The highest BCUT2D eigenvalue weighted by Gasteiger charge is 2.33. The van der Waals surface area contributed by atoms with Gasteiger partial charge in [-0.05, 0) is 19.3 Å². The molecule has 0 aromatic rings. The summed E-state index contributed by atoms with van der Waals surface area (Å²) >= 11 is 0. The second-order valence-electron chi connectivity index (χ2n) is 5.35. The highest BCUT2D eigenvalue weighted by molar-refractivity contribution is 5.81. The van der Waals surface area contributed by atoms with E-state index in [-0.39, 0.29) is 11.3 Å². The number of hydrogen-bond acceptors (Lipinski definition) is 2. The maximum Gasteiger partial charge on any atom is 0.225 e. The zero-order valence-corrected chi connectivity index (χ0v) is 10.1. The number of nitrogens with one attached hydrogen (secondary N) is 1. The average molecular weight is 213 g/mol. The summed E-state index contributed by atoms with van der Waals surface area (Å²) in [5, 5.41) is 12.9. The zero-order valence-electron chi connectivity index (χ0n) is 10.1. The van der Waals surface area contributed by atoms with Gasteiger partial charge in [0.05, 0.1) is 5.60 Å². The minimum Gasteiger partial charge on any atom is -0.388 e. The molecule has 0 bridgehead atoms. The highest BCUT2D eigenvalue weighted by atomic mass is 16.3. The Morgan fingerprint density at radius 2 is 1.93 bits per heavy atom. The van der Waals surface area contributed by atoms with Crippen LogP contribution in [0.1, 0.15) is 52.9 Å². The van der Waals surface area contributed by atoms with Crippen molar-refractivity contribution in [1.29, 1.82) is 0 Å². The molecule has 1 amide bonds. The second-order valence-corrected chi connectivity index (χ2v) is 5.35. The van der Waals surface area contributed by atoms with Crippen LogP contribution in [0.15, 0.2) is 0 Å². The number of carbonyl (C=O) groups excluding carboxylic acids is 1. The van der Waals surface area contributed by atoms with E-state index in [9.17, 15) is 9.90 Å². The van der Waals surface area contributed by atoms with Crippen LogP contribution in [0.2, 0.25) is 0 Å². The van der Waals surface area contributed by atoms with Crippen molar-refractivity contribution in [2.24, 2.45) is 5.41 Å². The third-order valence-electron chi connectivity index (χ3n) is 3.61. The van der Waals surface area contributed by atoms with Gasteiger partial charge in [0.15, 0.2) is 0 Å². The molecule has 1 rings (SSSR count). The van der Waals surface area contributed by atoms with E-state index in [1.807, 2.05) is 20.8 Å². The van der Waals surface area contributed by atoms with Crippen molar-refractivity contribution in [2.45, 2.75) is 58.5 Å². The molecule has 0 spiro atoms. The smallest absolute Gasteiger partial charge is 0.225 e. The van der Waals surface area contributed by atoms with Gasteiger partial charge < -0.3 is 10.4 Å². The first-order valence-electron chi connectivity index (χ1n) is 5.90. The molecule has 0 atom stereocenters. The number of aliphatic hydroxyl groups is 1. The summed E-state index contributed by atoms with van der Waals surface area (Å²) in [5.41, 5.74) is -0.964. The molecule has 0 unspecified atom stereocenters. The summed E-state index contributed by atoms with van der Waals surface area (Å²) in [7, 11) is 0. The molecule has 1 fully saturated rings. The minimum absolute atomic E-state index is 0.0466. The molecular weight excluding hydrogens is 190 g/mol. The Bertz CT molecular complexity index is 230. The van der Waals surface area contributed by atoms with Crippen LogP contribution in [0.4, 0.5) is 0 Å². The first-order valence-corrected chi connectivity index (χ1v) is 5.90. The number of amides is 1. The summed E-state index contributed by atoms with van der Waals surface area (Å²) in [5.74, 6) is 0.0466. The molecule has 3 nitrogen and oxygen atoms in total. The van der Waals surface area contributed by atoms with E-state index in [4.69, 9.17) is 0 Å². The second kappa shape index (κ2) is 4.52. The Kier molecular flexibility index (Phi) is 3.77. The molecule has 2 N–H and O–H groups in total. The lowest BCUT2D eigenvalue weighted by molar-refractivity contribution is -0.130. The van der Waals surface area contributed by atoms with Gasteiger partial charge in [-0.3, -0.25) is 4.79 Å². The fourth-order valence-electron chi connectivity index (χ4n) is 1.85. The van der Waals surface area contributed by atoms with E-state index in [0.717, 1.165) is 32.1 Å². The predicted octanol–water partition coefficient (Wildman–Crippen LogP) is 1.84. The van der Waals surface area contributed by atoms with Crippen LogP contribution in [0, 0.1) is 5.41 Å². The Morgan fingerprint density at radius 1 is 1.40 bits per heavy atom. The highest BCUT2D eigenvalue weighted by Crippen LogP contribution is 2.29. The van der Waals surface area contributed by atoms with Gasteiger partial charge in [0, 0.05) is 12.0 Å².